The predicted molar refractivity (Wildman–Crippen MR) is 94.2 cm³/mol. The predicted octanol–water partition coefficient (Wildman–Crippen LogP) is 3.51. The van der Waals surface area contributed by atoms with Crippen molar-refractivity contribution in [3.63, 3.8) is 0 Å². The number of nitrogens with one attached hydrogen (secondary N) is 1. The van der Waals surface area contributed by atoms with Gasteiger partial charge in [-0.05, 0) is 49.2 Å². The highest BCUT2D eigenvalue weighted by atomic mass is 35.5. The van der Waals surface area contributed by atoms with Gasteiger partial charge in [0.1, 0.15) is 5.82 Å². The van der Waals surface area contributed by atoms with Crippen molar-refractivity contribution in [2.24, 2.45) is 0 Å². The minimum absolute atomic E-state index is 0.00662. The molecule has 0 saturated carbocycles. The Morgan fingerprint density at radius 2 is 1.68 bits per heavy atom. The molecule has 1 heterocycles. The van der Waals surface area contributed by atoms with Crippen molar-refractivity contribution < 1.29 is 14.0 Å². The number of hydrogen-bond acceptors (Lipinski definition) is 2. The monoisotopic (exact) mass is 360 g/mol. The molecule has 0 bridgehead atoms. The highest BCUT2D eigenvalue weighted by molar-refractivity contribution is 6.30. The molecule has 2 aromatic rings. The number of nitrogens with zero attached hydrogens (tertiary/aromatic N) is 1. The number of carbonyl (C=O) groups excluding carboxylic acids is 2. The maximum Gasteiger partial charge on any atom is 0.256 e. The lowest BCUT2D eigenvalue weighted by molar-refractivity contribution is 0.0693. The second kappa shape index (κ2) is 7.66. The Kier molecular flexibility index (Phi) is 5.34. The summed E-state index contributed by atoms with van der Waals surface area (Å²) in [5.41, 5.74) is 0.639. The average molecular weight is 361 g/mol. The van der Waals surface area contributed by atoms with Gasteiger partial charge in [-0.3, -0.25) is 9.59 Å². The van der Waals surface area contributed by atoms with Crippen LogP contribution in [0.1, 0.15) is 33.6 Å². The lowest BCUT2D eigenvalue weighted by Gasteiger charge is -2.32. The summed E-state index contributed by atoms with van der Waals surface area (Å²) in [5.74, 6) is -0.971. The van der Waals surface area contributed by atoms with E-state index in [0.29, 0.717) is 36.5 Å². The maximum atomic E-state index is 13.7. The first-order valence-electron chi connectivity index (χ1n) is 8.15. The van der Waals surface area contributed by atoms with E-state index < -0.39 is 5.82 Å². The Bertz CT molecular complexity index is 771. The van der Waals surface area contributed by atoms with E-state index in [9.17, 15) is 14.0 Å². The number of halogens is 2. The van der Waals surface area contributed by atoms with Gasteiger partial charge >= 0.3 is 0 Å². The lowest BCUT2D eigenvalue weighted by atomic mass is 10.0. The molecule has 130 valence electrons. The van der Waals surface area contributed by atoms with E-state index in [1.165, 1.54) is 12.1 Å². The lowest BCUT2D eigenvalue weighted by Crippen LogP contribution is -2.46. The van der Waals surface area contributed by atoms with Crippen molar-refractivity contribution in [1.29, 1.82) is 0 Å². The van der Waals surface area contributed by atoms with Gasteiger partial charge in [0.2, 0.25) is 0 Å². The first-order valence-corrected chi connectivity index (χ1v) is 8.52. The zero-order chi connectivity index (χ0) is 17.8. The number of likely N-dealkylation sites (tertiary alicyclic amines) is 1. The molecule has 1 aliphatic heterocycles. The molecule has 0 aliphatic carbocycles. The van der Waals surface area contributed by atoms with Gasteiger partial charge in [-0.15, -0.1) is 0 Å². The molecule has 0 radical (unpaired) electrons. The van der Waals surface area contributed by atoms with Crippen LogP contribution in [-0.4, -0.2) is 35.8 Å². The first kappa shape index (κ1) is 17.4. The van der Waals surface area contributed by atoms with Crippen LogP contribution in [0.2, 0.25) is 5.02 Å². The third-order valence-electron chi connectivity index (χ3n) is 4.33. The topological polar surface area (TPSA) is 49.4 Å². The molecular formula is C19H18ClFN2O2. The maximum absolute atomic E-state index is 13.7. The largest absolute Gasteiger partial charge is 0.349 e. The number of benzene rings is 2. The van der Waals surface area contributed by atoms with Gasteiger partial charge in [0.15, 0.2) is 0 Å². The van der Waals surface area contributed by atoms with Gasteiger partial charge in [-0.2, -0.15) is 0 Å². The molecule has 6 heteroatoms. The fourth-order valence-electron chi connectivity index (χ4n) is 2.90. The van der Waals surface area contributed by atoms with Crippen LogP contribution < -0.4 is 5.32 Å². The molecule has 4 nitrogen and oxygen atoms in total. The Morgan fingerprint density at radius 1 is 1.04 bits per heavy atom. The van der Waals surface area contributed by atoms with Gasteiger partial charge in [-0.1, -0.05) is 23.7 Å². The van der Waals surface area contributed by atoms with E-state index in [0.717, 1.165) is 0 Å². The van der Waals surface area contributed by atoms with Crippen molar-refractivity contribution >= 4 is 23.4 Å². The Hall–Kier alpha value is -2.40. The third kappa shape index (κ3) is 4.17. The molecule has 1 fully saturated rings. The zero-order valence-electron chi connectivity index (χ0n) is 13.5. The van der Waals surface area contributed by atoms with Crippen LogP contribution in [0.5, 0.6) is 0 Å². The molecule has 1 aliphatic rings. The van der Waals surface area contributed by atoms with Crippen LogP contribution >= 0.6 is 11.6 Å². The van der Waals surface area contributed by atoms with Gasteiger partial charge in [0.05, 0.1) is 5.56 Å². The van der Waals surface area contributed by atoms with Crippen molar-refractivity contribution in [3.05, 3.63) is 70.5 Å². The van der Waals surface area contributed by atoms with E-state index in [-0.39, 0.29) is 23.4 Å². The summed E-state index contributed by atoms with van der Waals surface area (Å²) in [6.45, 7) is 0.970. The quantitative estimate of drug-likeness (QED) is 0.910. The molecule has 3 rings (SSSR count). The zero-order valence-corrected chi connectivity index (χ0v) is 14.3. The molecular weight excluding hydrogens is 343 g/mol. The first-order chi connectivity index (χ1) is 12.0. The summed E-state index contributed by atoms with van der Waals surface area (Å²) in [5, 5.41) is 3.55. The van der Waals surface area contributed by atoms with Crippen LogP contribution in [-0.2, 0) is 0 Å². The van der Waals surface area contributed by atoms with Crippen LogP contribution in [0.25, 0.3) is 0 Å². The summed E-state index contributed by atoms with van der Waals surface area (Å²) < 4.78 is 13.7. The van der Waals surface area contributed by atoms with E-state index in [4.69, 9.17) is 11.6 Å². The Morgan fingerprint density at radius 3 is 2.32 bits per heavy atom. The number of rotatable bonds is 3. The van der Waals surface area contributed by atoms with Crippen molar-refractivity contribution in [3.8, 4) is 0 Å². The second-order valence-corrected chi connectivity index (χ2v) is 6.46. The molecule has 25 heavy (non-hydrogen) atoms. The second-order valence-electron chi connectivity index (χ2n) is 6.03. The number of hydrogen-bond donors (Lipinski definition) is 1. The normalized spacial score (nSPS) is 15.0. The molecule has 0 unspecified atom stereocenters. The summed E-state index contributed by atoms with van der Waals surface area (Å²) in [4.78, 5) is 26.2. The van der Waals surface area contributed by atoms with Gasteiger partial charge in [0, 0.05) is 29.7 Å². The molecule has 0 aromatic heterocycles. The molecule has 2 aromatic carbocycles. The molecule has 0 atom stereocenters. The standard InChI is InChI=1S/C19H18ClFN2O2/c20-14-7-5-13(6-8-14)18(24)22-15-9-11-23(12-10-15)19(25)16-3-1-2-4-17(16)21/h1-8,15H,9-12H2,(H,22,24). The third-order valence-corrected chi connectivity index (χ3v) is 4.58. The highest BCUT2D eigenvalue weighted by Gasteiger charge is 2.26. The average Bonchev–Trinajstić information content (AvgIpc) is 2.63. The fraction of sp³-hybridized carbons (Fsp3) is 0.263. The van der Waals surface area contributed by atoms with E-state index in [1.807, 2.05) is 0 Å². The van der Waals surface area contributed by atoms with Gasteiger partial charge < -0.3 is 10.2 Å². The minimum Gasteiger partial charge on any atom is -0.349 e. The van der Waals surface area contributed by atoms with Crippen molar-refractivity contribution in [2.45, 2.75) is 18.9 Å². The van der Waals surface area contributed by atoms with Gasteiger partial charge in [0.25, 0.3) is 11.8 Å². The van der Waals surface area contributed by atoms with E-state index >= 15 is 0 Å². The number of carbonyl (C=O) groups is 2. The van der Waals surface area contributed by atoms with Crippen LogP contribution in [0, 0.1) is 5.82 Å². The van der Waals surface area contributed by atoms with Crippen LogP contribution in [0.4, 0.5) is 4.39 Å². The summed E-state index contributed by atoms with van der Waals surface area (Å²) in [7, 11) is 0. The smallest absolute Gasteiger partial charge is 0.256 e. The summed E-state index contributed by atoms with van der Waals surface area (Å²) in [6.07, 6.45) is 1.28. The minimum atomic E-state index is -0.509. The molecule has 1 saturated heterocycles. The Balaban J connectivity index is 1.55. The molecule has 2 amide bonds. The van der Waals surface area contributed by atoms with Crippen LogP contribution in [0.3, 0.4) is 0 Å². The van der Waals surface area contributed by atoms with E-state index in [1.54, 1.807) is 41.3 Å². The van der Waals surface area contributed by atoms with E-state index in [2.05, 4.69) is 5.32 Å². The fourth-order valence-corrected chi connectivity index (χ4v) is 3.03. The Labute approximate surface area is 150 Å². The molecule has 0 spiro atoms. The summed E-state index contributed by atoms with van der Waals surface area (Å²) >= 11 is 5.82. The highest BCUT2D eigenvalue weighted by Crippen LogP contribution is 2.17. The van der Waals surface area contributed by atoms with Gasteiger partial charge in [-0.25, -0.2) is 4.39 Å². The van der Waals surface area contributed by atoms with Crippen molar-refractivity contribution in [1.82, 2.24) is 10.2 Å². The number of amides is 2. The van der Waals surface area contributed by atoms with Crippen LogP contribution in [0.15, 0.2) is 48.5 Å². The van der Waals surface area contributed by atoms with Crippen molar-refractivity contribution in [2.75, 3.05) is 13.1 Å². The molecule has 1 N–H and O–H groups in total. The SMILES string of the molecule is O=C(NC1CCN(C(=O)c2ccccc2F)CC1)c1ccc(Cl)cc1. The number of piperidine rings is 1. The summed E-state index contributed by atoms with van der Waals surface area (Å²) in [6, 6.07) is 12.7.